The van der Waals surface area contributed by atoms with E-state index in [1.165, 1.54) is 24.3 Å². The second kappa shape index (κ2) is 5.29. The minimum atomic E-state index is -0.914. The maximum Gasteiger partial charge on any atom is 0.165 e. The van der Waals surface area contributed by atoms with Crippen LogP contribution in [-0.4, -0.2) is 5.78 Å². The van der Waals surface area contributed by atoms with Crippen LogP contribution in [0.1, 0.15) is 22.3 Å². The molecule has 16 heavy (non-hydrogen) atoms. The first-order valence-electron chi connectivity index (χ1n) is 4.54. The summed E-state index contributed by atoms with van der Waals surface area (Å²) in [6, 6.07) is 11.5. The monoisotopic (exact) mass is 209 g/mol. The number of hydrogen-bond acceptors (Lipinski definition) is 4. The Bertz CT molecular complexity index is 497. The van der Waals surface area contributed by atoms with Gasteiger partial charge in [-0.2, -0.15) is 15.8 Å². The Hall–Kier alpha value is -2.64. The van der Waals surface area contributed by atoms with Crippen LogP contribution in [0.15, 0.2) is 24.3 Å². The van der Waals surface area contributed by atoms with Crippen molar-refractivity contribution in [2.75, 3.05) is 0 Å². The lowest BCUT2D eigenvalue weighted by atomic mass is 10.00. The molecule has 0 spiro atoms. The molecule has 1 aromatic carbocycles. The van der Waals surface area contributed by atoms with Crippen molar-refractivity contribution in [3.05, 3.63) is 35.4 Å². The summed E-state index contributed by atoms with van der Waals surface area (Å²) in [5, 5.41) is 25.6. The number of nitrogens with zero attached hydrogens (tertiary/aromatic N) is 3. The van der Waals surface area contributed by atoms with Crippen LogP contribution < -0.4 is 0 Å². The number of ketones is 1. The molecule has 0 atom stereocenters. The molecule has 0 aliphatic carbocycles. The summed E-state index contributed by atoms with van der Waals surface area (Å²) in [6.45, 7) is 0. The van der Waals surface area contributed by atoms with Gasteiger partial charge in [0, 0.05) is 12.0 Å². The molecule has 0 radical (unpaired) electrons. The molecule has 1 rings (SSSR count). The smallest absolute Gasteiger partial charge is 0.165 e. The zero-order chi connectivity index (χ0) is 12.0. The van der Waals surface area contributed by atoms with Crippen molar-refractivity contribution in [3.63, 3.8) is 0 Å². The number of carbonyl (C=O) groups is 1. The second-order valence-corrected chi connectivity index (χ2v) is 3.13. The Kier molecular flexibility index (Phi) is 3.78. The minimum Gasteiger partial charge on any atom is -0.294 e. The highest BCUT2D eigenvalue weighted by Crippen LogP contribution is 2.10. The lowest BCUT2D eigenvalue weighted by molar-refractivity contribution is 0.0976. The summed E-state index contributed by atoms with van der Waals surface area (Å²) in [5.41, 5.74) is 0.878. The number of Topliss-reactive ketones (excluding diaryl/α,β-unsaturated/α-hetero) is 1. The quantitative estimate of drug-likeness (QED) is 0.710. The van der Waals surface area contributed by atoms with E-state index in [9.17, 15) is 4.79 Å². The zero-order valence-corrected chi connectivity index (χ0v) is 8.34. The zero-order valence-electron chi connectivity index (χ0n) is 8.34. The van der Waals surface area contributed by atoms with Gasteiger partial charge in [-0.1, -0.05) is 12.1 Å². The van der Waals surface area contributed by atoms with Crippen molar-refractivity contribution >= 4 is 5.78 Å². The van der Waals surface area contributed by atoms with Gasteiger partial charge < -0.3 is 0 Å². The first-order valence-corrected chi connectivity index (χ1v) is 4.54. The van der Waals surface area contributed by atoms with Crippen molar-refractivity contribution in [2.45, 2.75) is 6.42 Å². The molecule has 0 aliphatic rings. The SMILES string of the molecule is N#Cc1ccc(C(=O)CC(C#N)C#N)cc1. The van der Waals surface area contributed by atoms with Gasteiger partial charge in [0.15, 0.2) is 5.78 Å². The minimum absolute atomic E-state index is 0.112. The Morgan fingerprint density at radius 1 is 1.12 bits per heavy atom. The van der Waals surface area contributed by atoms with E-state index in [4.69, 9.17) is 15.8 Å². The molecule has 76 valence electrons. The predicted octanol–water partition coefficient (Wildman–Crippen LogP) is 1.79. The molecule has 0 saturated carbocycles. The summed E-state index contributed by atoms with van der Waals surface area (Å²) in [6.07, 6.45) is -0.112. The number of nitriles is 3. The van der Waals surface area contributed by atoms with E-state index in [0.29, 0.717) is 11.1 Å². The molecule has 0 unspecified atom stereocenters. The van der Waals surface area contributed by atoms with Crippen LogP contribution in [0.4, 0.5) is 0 Å². The summed E-state index contributed by atoms with van der Waals surface area (Å²) in [5.74, 6) is -1.18. The van der Waals surface area contributed by atoms with E-state index in [0.717, 1.165) is 0 Å². The van der Waals surface area contributed by atoms with Crippen molar-refractivity contribution in [3.8, 4) is 18.2 Å². The summed E-state index contributed by atoms with van der Waals surface area (Å²) < 4.78 is 0. The van der Waals surface area contributed by atoms with Crippen LogP contribution >= 0.6 is 0 Å². The van der Waals surface area contributed by atoms with Gasteiger partial charge in [0.25, 0.3) is 0 Å². The third kappa shape index (κ3) is 2.67. The first-order chi connectivity index (χ1) is 7.71. The van der Waals surface area contributed by atoms with Gasteiger partial charge in [-0.15, -0.1) is 0 Å². The predicted molar refractivity (Wildman–Crippen MR) is 54.8 cm³/mol. The highest BCUT2D eigenvalue weighted by molar-refractivity contribution is 5.96. The fraction of sp³-hybridized carbons (Fsp3) is 0.167. The summed E-state index contributed by atoms with van der Waals surface area (Å²) >= 11 is 0. The largest absolute Gasteiger partial charge is 0.294 e. The van der Waals surface area contributed by atoms with Crippen molar-refractivity contribution in [1.29, 1.82) is 15.8 Å². The average Bonchev–Trinajstić information content (AvgIpc) is 2.35. The van der Waals surface area contributed by atoms with Gasteiger partial charge in [-0.25, -0.2) is 0 Å². The van der Waals surface area contributed by atoms with Gasteiger partial charge in [0.1, 0.15) is 5.92 Å². The molecule has 0 heterocycles. The van der Waals surface area contributed by atoms with Gasteiger partial charge in [0.05, 0.1) is 23.8 Å². The molecule has 4 nitrogen and oxygen atoms in total. The van der Waals surface area contributed by atoms with Crippen molar-refractivity contribution < 1.29 is 4.79 Å². The molecular weight excluding hydrogens is 202 g/mol. The summed E-state index contributed by atoms with van der Waals surface area (Å²) in [4.78, 5) is 11.6. The molecule has 1 aromatic rings. The number of rotatable bonds is 3. The molecule has 0 aromatic heterocycles. The maximum atomic E-state index is 11.6. The highest BCUT2D eigenvalue weighted by Gasteiger charge is 2.13. The van der Waals surface area contributed by atoms with E-state index in [1.807, 2.05) is 6.07 Å². The molecule has 0 N–H and O–H groups in total. The Morgan fingerprint density at radius 2 is 1.69 bits per heavy atom. The molecule has 0 fully saturated rings. The van der Waals surface area contributed by atoms with Gasteiger partial charge >= 0.3 is 0 Å². The highest BCUT2D eigenvalue weighted by atomic mass is 16.1. The molecule has 4 heteroatoms. The van der Waals surface area contributed by atoms with Gasteiger partial charge in [-0.05, 0) is 12.1 Å². The number of benzene rings is 1. The van der Waals surface area contributed by atoms with E-state index in [-0.39, 0.29) is 12.2 Å². The standard InChI is InChI=1S/C12H7N3O/c13-6-9-1-3-11(4-2-9)12(16)5-10(7-14)8-15/h1-4,10H,5H2. The topological polar surface area (TPSA) is 88.4 Å². The van der Waals surface area contributed by atoms with Crippen LogP contribution in [0.25, 0.3) is 0 Å². The molecule has 0 bridgehead atoms. The average molecular weight is 209 g/mol. The lowest BCUT2D eigenvalue weighted by Crippen LogP contribution is -2.05. The van der Waals surface area contributed by atoms with E-state index < -0.39 is 5.92 Å². The number of hydrogen-bond donors (Lipinski definition) is 0. The van der Waals surface area contributed by atoms with Gasteiger partial charge in [0.2, 0.25) is 0 Å². The molecule has 0 amide bonds. The van der Waals surface area contributed by atoms with Crippen LogP contribution in [0.5, 0.6) is 0 Å². The second-order valence-electron chi connectivity index (χ2n) is 3.13. The van der Waals surface area contributed by atoms with Crippen molar-refractivity contribution in [2.24, 2.45) is 5.92 Å². The van der Waals surface area contributed by atoms with Crippen LogP contribution in [0.3, 0.4) is 0 Å². The van der Waals surface area contributed by atoms with E-state index >= 15 is 0 Å². The summed E-state index contributed by atoms with van der Waals surface area (Å²) in [7, 11) is 0. The molecule has 0 aliphatic heterocycles. The van der Waals surface area contributed by atoms with Crippen LogP contribution in [-0.2, 0) is 0 Å². The maximum absolute atomic E-state index is 11.6. The van der Waals surface area contributed by atoms with E-state index in [2.05, 4.69) is 0 Å². The third-order valence-electron chi connectivity index (χ3n) is 2.04. The molecular formula is C12H7N3O. The molecule has 0 saturated heterocycles. The fourth-order valence-electron chi connectivity index (χ4n) is 1.15. The van der Waals surface area contributed by atoms with Gasteiger partial charge in [-0.3, -0.25) is 4.79 Å². The fourth-order valence-corrected chi connectivity index (χ4v) is 1.15. The van der Waals surface area contributed by atoms with Crippen molar-refractivity contribution in [1.82, 2.24) is 0 Å². The Labute approximate surface area is 93.0 Å². The van der Waals surface area contributed by atoms with E-state index in [1.54, 1.807) is 12.1 Å². The number of carbonyl (C=O) groups excluding carboxylic acids is 1. The third-order valence-corrected chi connectivity index (χ3v) is 2.04. The lowest BCUT2D eigenvalue weighted by Gasteiger charge is -2.00. The Morgan fingerprint density at radius 3 is 2.12 bits per heavy atom. The van der Waals surface area contributed by atoms with Crippen LogP contribution in [0.2, 0.25) is 0 Å². The first kappa shape index (κ1) is 11.4. The Balaban J connectivity index is 2.79. The van der Waals surface area contributed by atoms with Crippen LogP contribution in [0, 0.1) is 39.9 Å². The normalized spacial score (nSPS) is 8.88.